The fourth-order valence-electron chi connectivity index (χ4n) is 14.4. The van der Waals surface area contributed by atoms with Crippen molar-refractivity contribution in [3.8, 4) is 33.8 Å². The molecule has 28 nitrogen and oxygen atoms in total. The summed E-state index contributed by atoms with van der Waals surface area (Å²) in [7, 11) is -9.51. The second-order valence-corrected chi connectivity index (χ2v) is 39.4. The molecule has 0 atom stereocenters. The quantitative estimate of drug-likeness (QED) is 0.0600. The fraction of sp³-hybridized carbons (Fsp3) is 0.187. The highest BCUT2D eigenvalue weighted by Crippen LogP contribution is 2.38. The largest absolute Gasteiger partial charge is 0.322 e. The molecule has 0 saturated carbocycles. The van der Waals surface area contributed by atoms with Gasteiger partial charge in [-0.25, -0.2) is 8.78 Å². The van der Waals surface area contributed by atoms with Gasteiger partial charge in [-0.2, -0.15) is 51.3 Å². The zero-order chi connectivity index (χ0) is 91.6. The molecule has 0 aliphatic carbocycles. The van der Waals surface area contributed by atoms with Gasteiger partial charge in [-0.15, -0.1) is 0 Å². The molecule has 4 fully saturated rings. The van der Waals surface area contributed by atoms with E-state index < -0.39 is 52.5 Å². The lowest BCUT2D eigenvalue weighted by atomic mass is 10.0. The van der Waals surface area contributed by atoms with Crippen molar-refractivity contribution in [2.45, 2.75) is 39.0 Å². The van der Waals surface area contributed by atoms with Crippen LogP contribution in [0.2, 0.25) is 20.1 Å². The number of hydrogen-bond acceptors (Lipinski definition) is 16. The van der Waals surface area contributed by atoms with Gasteiger partial charge in [-0.3, -0.25) is 56.3 Å². The minimum Gasteiger partial charge on any atom is -0.322 e. The van der Waals surface area contributed by atoms with E-state index in [9.17, 15) is 61.6 Å². The van der Waals surface area contributed by atoms with Crippen LogP contribution in [0.1, 0.15) is 83.8 Å². The fourth-order valence-corrected chi connectivity index (χ4v) is 20.9. The van der Waals surface area contributed by atoms with Crippen LogP contribution in [0.4, 0.5) is 60.0 Å². The van der Waals surface area contributed by atoms with Gasteiger partial charge >= 0.3 is 40.8 Å². The van der Waals surface area contributed by atoms with Gasteiger partial charge in [-0.05, 0) is 250 Å². The zero-order valence-corrected chi connectivity index (χ0v) is 75.9. The van der Waals surface area contributed by atoms with E-state index in [1.807, 2.05) is 49.4 Å². The highest BCUT2D eigenvalue weighted by molar-refractivity contribution is 7.91. The van der Waals surface area contributed by atoms with Gasteiger partial charge < -0.3 is 21.3 Å². The van der Waals surface area contributed by atoms with E-state index in [1.54, 1.807) is 191 Å². The van der Waals surface area contributed by atoms with Crippen molar-refractivity contribution in [1.82, 2.24) is 32.6 Å². The Morgan fingerprint density at radius 3 is 1.12 bits per heavy atom. The number of nitrogens with one attached hydrogen (secondary N) is 5. The Bertz CT molecular complexity index is 6570. The molecule has 129 heavy (non-hydrogen) atoms. The van der Waals surface area contributed by atoms with Crippen LogP contribution in [0.3, 0.4) is 0 Å². The number of nitrogens with zero attached hydrogens (tertiary/aromatic N) is 11. The first kappa shape index (κ1) is 93.0. The highest BCUT2D eigenvalue weighted by Gasteiger charge is 2.35. The SMILES string of the molecule is CN1CCCN(c2ccc(C(=O)Nc3ccc(Cl)c(-c4cc(F)ccn4)c3)cc2)S1(=O)=O.CN1CCCN(c2ccc(C(=O)Nc3ccc(Cl)c(-c4ccc(F)cn4)c3)cc2)S1(=O)=O.Cc1ccnc(-c2cc(NC(=O)c3ccc(N4CCCN(C)S4(=O)=O)cc3)ccc2Cl)c1.O=C(Nc1ccc(Cl)c(C2=Nc3ccccc3C2)c1)c1ccc(N2CCCNS2(=O)=O)cc1. The van der Waals surface area contributed by atoms with Crippen LogP contribution in [0.25, 0.3) is 33.8 Å². The molecule has 666 valence electrons. The number of hydrogen-bond donors (Lipinski definition) is 5. The van der Waals surface area contributed by atoms with E-state index in [1.165, 1.54) is 60.6 Å². The van der Waals surface area contributed by atoms with Gasteiger partial charge in [0.25, 0.3) is 23.6 Å². The second kappa shape index (κ2) is 40.2. The van der Waals surface area contributed by atoms with Crippen LogP contribution in [0.5, 0.6) is 0 Å². The van der Waals surface area contributed by atoms with Crippen molar-refractivity contribution in [2.75, 3.05) is 112 Å². The van der Waals surface area contributed by atoms with Crippen molar-refractivity contribution in [3.63, 3.8) is 0 Å². The Morgan fingerprint density at radius 1 is 0.372 bits per heavy atom. The van der Waals surface area contributed by atoms with Crippen LogP contribution in [-0.4, -0.2) is 164 Å². The van der Waals surface area contributed by atoms with Gasteiger partial charge in [0.05, 0.1) is 72.5 Å². The lowest BCUT2D eigenvalue weighted by molar-refractivity contribution is 0.101. The first-order chi connectivity index (χ1) is 61.7. The minimum absolute atomic E-state index is 0.300. The number of halogens is 6. The van der Waals surface area contributed by atoms with Crippen LogP contribution >= 0.6 is 46.4 Å². The van der Waals surface area contributed by atoms with Gasteiger partial charge in [0.2, 0.25) is 0 Å². The molecule has 9 aromatic carbocycles. The molecule has 0 bridgehead atoms. The van der Waals surface area contributed by atoms with Crippen LogP contribution in [0, 0.1) is 18.6 Å². The monoisotopic (exact) mass is 1900 g/mol. The van der Waals surface area contributed by atoms with Gasteiger partial charge in [0.15, 0.2) is 0 Å². The third kappa shape index (κ3) is 22.1. The lowest BCUT2D eigenvalue weighted by Gasteiger charge is -2.33. The Labute approximate surface area is 765 Å². The summed E-state index contributed by atoms with van der Waals surface area (Å²) in [5.74, 6) is -2.25. The molecule has 5 aliphatic rings. The number of carbonyl (C=O) groups is 4. The summed E-state index contributed by atoms with van der Waals surface area (Å²) < 4.78 is 138. The molecule has 12 aromatic rings. The lowest BCUT2D eigenvalue weighted by Crippen LogP contribution is -2.47. The number of carbonyl (C=O) groups excluding carboxylic acids is 4. The van der Waals surface area contributed by atoms with Gasteiger partial charge in [0.1, 0.15) is 11.6 Å². The van der Waals surface area contributed by atoms with E-state index >= 15 is 0 Å². The highest BCUT2D eigenvalue weighted by atomic mass is 35.5. The average Bonchev–Trinajstić information content (AvgIpc) is 1.71. The predicted molar refractivity (Wildman–Crippen MR) is 504 cm³/mol. The van der Waals surface area contributed by atoms with Gasteiger partial charge in [0, 0.05) is 171 Å². The van der Waals surface area contributed by atoms with E-state index in [-0.39, 0.29) is 23.6 Å². The Balaban J connectivity index is 0.000000139. The maximum Gasteiger partial charge on any atom is 0.303 e. The molecule has 5 N–H and O–H groups in total. The average molecular weight is 1900 g/mol. The number of benzene rings is 9. The summed E-state index contributed by atoms with van der Waals surface area (Å²) in [5, 5.41) is 13.2. The Kier molecular flexibility index (Phi) is 29.0. The molecule has 4 saturated heterocycles. The third-order valence-corrected chi connectivity index (χ3v) is 29.9. The molecule has 8 heterocycles. The number of anilines is 8. The number of amides is 4. The molecule has 0 spiro atoms. The molecule has 17 rings (SSSR count). The minimum atomic E-state index is -3.55. The second-order valence-electron chi connectivity index (χ2n) is 30.2. The number of aliphatic imine (C=N–C) groups is 1. The molecule has 38 heteroatoms. The van der Waals surface area contributed by atoms with E-state index in [4.69, 9.17) is 46.4 Å². The van der Waals surface area contributed by atoms with Crippen LogP contribution in [-0.2, 0) is 47.3 Å². The standard InChI is InChI=1S/C24H21ClN4O3S.C23H23ClN4O3S.2C22H20ClFN4O3S/c25-21-11-8-18(15-20(21)23-14-17-4-1-2-5-22(17)28-23)27-24(30)16-6-9-19(10-7-16)29-13-3-12-26-33(29,31)32;1-16-10-11-25-22(14-16)20-15-18(6-9-21(20)24)26-23(29)17-4-7-19(8-5-17)28-13-3-12-27(2)32(28,30)31;1-27-11-2-12-28(32(27,30)31)18-7-3-15(4-8-18)22(29)26-17-6-9-20(23)19(13-17)21-10-5-16(24)14-25-21;1-27-11-2-12-28(32(27,30)31)18-6-3-15(4-7-18)22(29)26-17-5-8-20(23)19(14-17)21-13-16(24)9-10-25-21/h1-2,4-11,15,26H,3,12-14H2,(H,27,30);4-11,14-15H,3,12-13H2,1-2H3,(H,26,29);2*3-10,13-14H,2,11-12H2,1H3,(H,26,29). The Hall–Kier alpha value is -12.2. The summed E-state index contributed by atoms with van der Waals surface area (Å²) in [5.41, 5.74) is 13.9. The zero-order valence-electron chi connectivity index (χ0n) is 69.6. The van der Waals surface area contributed by atoms with E-state index in [0.29, 0.717) is 169 Å². The van der Waals surface area contributed by atoms with Crippen molar-refractivity contribution >= 4 is 168 Å². The number of aryl methyl sites for hydroxylation is 1. The predicted octanol–water partition coefficient (Wildman–Crippen LogP) is 17.0. The smallest absolute Gasteiger partial charge is 0.303 e. The maximum atomic E-state index is 13.6. The summed E-state index contributed by atoms with van der Waals surface area (Å²) in [4.78, 5) is 68.2. The normalized spacial score (nSPS) is 16.2. The summed E-state index contributed by atoms with van der Waals surface area (Å²) in [6, 6.07) is 63.2. The van der Waals surface area contributed by atoms with Crippen molar-refractivity contribution in [3.05, 3.63) is 320 Å². The maximum absolute atomic E-state index is 13.6. The van der Waals surface area contributed by atoms with Gasteiger partial charge in [-0.1, -0.05) is 64.6 Å². The summed E-state index contributed by atoms with van der Waals surface area (Å²) >= 11 is 25.3. The van der Waals surface area contributed by atoms with Crippen molar-refractivity contribution < 1.29 is 61.6 Å². The summed E-state index contributed by atoms with van der Waals surface area (Å²) in [6.45, 7) is 5.47. The number of para-hydroxylation sites is 1. The molecule has 3 aromatic heterocycles. The molecule has 4 amide bonds. The first-order valence-corrected chi connectivity index (χ1v) is 47.5. The number of aromatic nitrogens is 3. The molecule has 0 unspecified atom stereocenters. The van der Waals surface area contributed by atoms with Crippen LogP contribution < -0.4 is 43.2 Å². The molecular formula is C91H84Cl4F2N16O12S4. The Morgan fingerprint density at radius 2 is 0.736 bits per heavy atom. The van der Waals surface area contributed by atoms with Crippen molar-refractivity contribution in [2.24, 2.45) is 4.99 Å². The number of fused-ring (bicyclic) bond motifs is 1. The molecule has 5 aliphatic heterocycles. The van der Waals surface area contributed by atoms with E-state index in [2.05, 4.69) is 45.9 Å². The first-order valence-electron chi connectivity index (χ1n) is 40.3. The summed E-state index contributed by atoms with van der Waals surface area (Å²) in [6.07, 6.45) is 7.74. The third-order valence-electron chi connectivity index (χ3n) is 21.3. The number of pyridine rings is 3. The van der Waals surface area contributed by atoms with E-state index in [0.717, 1.165) is 71.2 Å². The molecule has 0 radical (unpaired) electrons. The van der Waals surface area contributed by atoms with Crippen LogP contribution in [0.15, 0.2) is 254 Å². The topological polar surface area (TPSA) is 339 Å². The number of rotatable bonds is 16. The van der Waals surface area contributed by atoms with Crippen molar-refractivity contribution in [1.29, 1.82) is 0 Å². The molecular weight excluding hydrogens is 1820 g/mol.